The van der Waals surface area contributed by atoms with Gasteiger partial charge in [0.1, 0.15) is 27.3 Å². The molecule has 0 aliphatic carbocycles. The van der Waals surface area contributed by atoms with Crippen LogP contribution in [0.25, 0.3) is 5.69 Å². The summed E-state index contributed by atoms with van der Waals surface area (Å²) >= 11 is 11.9. The number of ketones is 1. The number of aromatic nitrogens is 7. The number of sulfonamides is 2. The fourth-order valence-corrected chi connectivity index (χ4v) is 12.5. The number of carbonyl (C=O) groups excluding carboxylic acids is 5. The van der Waals surface area contributed by atoms with E-state index in [1.165, 1.54) is 47.2 Å². The topological polar surface area (TPSA) is 395 Å². The number of nitrogens with zero attached hydrogens (tertiary/aromatic N) is 7. The fourth-order valence-electron chi connectivity index (χ4n) is 9.56. The van der Waals surface area contributed by atoms with Crippen LogP contribution >= 0.6 is 23.2 Å². The normalized spacial score (nSPS) is 12.8. The average Bonchev–Trinajstić information content (AvgIpc) is 1.09. The number of esters is 3. The quantitative estimate of drug-likeness (QED) is 0.0164. The van der Waals surface area contributed by atoms with E-state index in [2.05, 4.69) is 40.1 Å². The molecule has 9 rings (SSSR count). The molecular weight excluding hydrogens is 1510 g/mol. The molecule has 0 spiro atoms. The number of nitrogens with one attached hydrogen (secondary N) is 4. The molecule has 1 unspecified atom stereocenters. The van der Waals surface area contributed by atoms with E-state index in [0.717, 1.165) is 59.5 Å². The third kappa shape index (κ3) is 21.4. The van der Waals surface area contributed by atoms with Crippen molar-refractivity contribution in [3.63, 3.8) is 0 Å². The highest BCUT2D eigenvalue weighted by Crippen LogP contribution is 2.41. The van der Waals surface area contributed by atoms with Gasteiger partial charge in [-0.15, -0.1) is 16.7 Å². The van der Waals surface area contributed by atoms with E-state index in [1.807, 2.05) is 60.7 Å². The number of halogens is 8. The number of sulfone groups is 1. The maximum absolute atomic E-state index is 14.2. The van der Waals surface area contributed by atoms with Crippen LogP contribution in [0.15, 0.2) is 140 Å². The van der Waals surface area contributed by atoms with Crippen LogP contribution in [0.5, 0.6) is 11.8 Å². The third-order valence-corrected chi connectivity index (χ3v) is 18.3. The number of benzene rings is 5. The van der Waals surface area contributed by atoms with Crippen LogP contribution in [0.1, 0.15) is 92.4 Å². The Morgan fingerprint density at radius 1 is 0.771 bits per heavy atom. The number of aryl methyl sites for hydroxylation is 3. The highest BCUT2D eigenvalue weighted by atomic mass is 35.5. The van der Waals surface area contributed by atoms with E-state index in [-0.39, 0.29) is 86.3 Å². The molecule has 0 radical (unpaired) electrons. The second-order valence-electron chi connectivity index (χ2n) is 21.8. The Kier molecular flexibility index (Phi) is 28.1. The molecule has 3 aromatic heterocycles. The zero-order valence-corrected chi connectivity index (χ0v) is 60.8. The Balaban J connectivity index is 0.000000222. The number of aromatic amines is 1. The second-order valence-corrected chi connectivity index (χ2v) is 28.2. The van der Waals surface area contributed by atoms with E-state index in [9.17, 15) is 85.2 Å². The first kappa shape index (κ1) is 83.5. The first-order valence-corrected chi connectivity index (χ1v) is 36.2. The van der Waals surface area contributed by atoms with Crippen LogP contribution in [0.2, 0.25) is 5.02 Å². The number of urea groups is 1. The molecule has 5 aromatic carbocycles. The Morgan fingerprint density at radius 3 is 1.85 bits per heavy atom. The molecule has 1 atom stereocenters. The standard InChI is InChI=1S/C18H17NO3.C17H21N5O9S2.C15H14Cl2F3N3O3.C14H13F3N2O4S/c1-2-21-17(20)16-13-18(22-19-16,14-9-5-3-6-10-14)15-11-7-4-8-12-15;1-29-13-8-14(30-2)20-16(19-13)21-17(24)22-33(27,28)12-7-10(9-18-32(4,25)26)5-6-11(12)15(23)31-3;1-3-26-13(24)10(17)4-8-5-12(11(18)6-9(8)16)23-15(25)22(14(19)20)7(2)21-23;1-7-11(13(21)19(2)18-7)12(20)9-5-4-8(14(15,16)17)6-10(9)24(3,22)23/h3-12H,2,13H2,1H3;5-8,18H,9H2,1-4H3,(H2,19,20,21,22,24);5-6,10,14H,3-4H2,1-2H3;4-6,18H,1-3H3. The van der Waals surface area contributed by atoms with Gasteiger partial charge in [-0.05, 0) is 81.3 Å². The van der Waals surface area contributed by atoms with E-state index < -0.39 is 121 Å². The fraction of sp³-hybridized carbons (Fsp3) is 0.297. The maximum atomic E-state index is 14.2. The molecular formula is C64H65Cl2F6N11O19S3. The van der Waals surface area contributed by atoms with Gasteiger partial charge in [-0.3, -0.25) is 29.5 Å². The van der Waals surface area contributed by atoms with Gasteiger partial charge in [0, 0.05) is 53.7 Å². The zero-order valence-electron chi connectivity index (χ0n) is 56.8. The largest absolute Gasteiger partial charge is 0.481 e. The first-order valence-electron chi connectivity index (χ1n) is 30.1. The third-order valence-electron chi connectivity index (χ3n) is 14.4. The summed E-state index contributed by atoms with van der Waals surface area (Å²) in [5.74, 6) is -4.52. The molecule has 0 bridgehead atoms. The van der Waals surface area contributed by atoms with Gasteiger partial charge in [0.15, 0.2) is 27.0 Å². The van der Waals surface area contributed by atoms with Gasteiger partial charge in [0.05, 0.1) is 69.3 Å². The lowest BCUT2D eigenvalue weighted by molar-refractivity contribution is -0.142. The predicted octanol–water partition coefficient (Wildman–Crippen LogP) is 8.03. The number of H-pyrrole nitrogens is 1. The van der Waals surface area contributed by atoms with Gasteiger partial charge in [-0.25, -0.2) is 62.8 Å². The van der Waals surface area contributed by atoms with Crippen molar-refractivity contribution in [2.75, 3.05) is 52.4 Å². The van der Waals surface area contributed by atoms with Crippen LogP contribution in [-0.2, 0) is 90.3 Å². The number of ether oxygens (including phenoxy) is 5. The molecule has 0 saturated carbocycles. The number of amides is 2. The van der Waals surface area contributed by atoms with E-state index >= 15 is 0 Å². The minimum absolute atomic E-state index is 0.0408. The van der Waals surface area contributed by atoms with E-state index in [4.69, 9.17) is 47.0 Å². The molecule has 4 heterocycles. The van der Waals surface area contributed by atoms with Crippen LogP contribution in [0.3, 0.4) is 0 Å². The number of alkyl halides is 6. The average molecular weight is 1570 g/mol. The number of methoxy groups -OCH3 is 3. The number of hydrogen-bond acceptors (Lipinski definition) is 23. The van der Waals surface area contributed by atoms with E-state index in [1.54, 1.807) is 18.6 Å². The Labute approximate surface area is 604 Å². The molecule has 564 valence electrons. The summed E-state index contributed by atoms with van der Waals surface area (Å²) in [6.45, 7) is 3.07. The predicted molar refractivity (Wildman–Crippen MR) is 365 cm³/mol. The van der Waals surface area contributed by atoms with Crippen LogP contribution in [0.4, 0.5) is 37.1 Å². The molecule has 30 nitrogen and oxygen atoms in total. The van der Waals surface area contributed by atoms with Gasteiger partial charge in [0.2, 0.25) is 33.5 Å². The van der Waals surface area contributed by atoms with Crippen molar-refractivity contribution < 1.29 is 104 Å². The minimum atomic E-state index is -4.76. The van der Waals surface area contributed by atoms with Crippen molar-refractivity contribution in [1.29, 1.82) is 0 Å². The summed E-state index contributed by atoms with van der Waals surface area (Å²) in [5.41, 5.74) is -2.58. The van der Waals surface area contributed by atoms with Crippen molar-refractivity contribution in [2.45, 2.75) is 80.6 Å². The summed E-state index contributed by atoms with van der Waals surface area (Å²) in [5, 5.41) is 11.2. The molecule has 4 N–H and O–H groups in total. The number of anilines is 1. The summed E-state index contributed by atoms with van der Waals surface area (Å²) in [4.78, 5) is 96.7. The van der Waals surface area contributed by atoms with Crippen LogP contribution < -0.4 is 35.5 Å². The highest BCUT2D eigenvalue weighted by molar-refractivity contribution is 7.91. The molecule has 41 heteroatoms. The summed E-state index contributed by atoms with van der Waals surface area (Å²) < 4.78 is 180. The molecule has 105 heavy (non-hydrogen) atoms. The highest BCUT2D eigenvalue weighted by Gasteiger charge is 2.45. The number of hydrogen-bond donors (Lipinski definition) is 4. The summed E-state index contributed by atoms with van der Waals surface area (Å²) in [7, 11) is -7.30. The van der Waals surface area contributed by atoms with Crippen molar-refractivity contribution in [3.8, 4) is 17.4 Å². The van der Waals surface area contributed by atoms with Crippen LogP contribution in [0, 0.1) is 19.7 Å². The molecule has 1 aliphatic heterocycles. The van der Waals surface area contributed by atoms with Gasteiger partial charge >= 0.3 is 42.4 Å². The van der Waals surface area contributed by atoms with Gasteiger partial charge in [0.25, 0.3) is 15.6 Å². The van der Waals surface area contributed by atoms with Crippen molar-refractivity contribution in [2.24, 2.45) is 12.2 Å². The van der Waals surface area contributed by atoms with Gasteiger partial charge < -0.3 is 28.5 Å². The SMILES string of the molecule is CCOC(=O)C(Cl)Cc1cc(-n2nc(C)n(C(F)F)c2=O)c(F)cc1Cl.CCOC(=O)C1=NOC(c2ccccc2)(c2ccccc2)C1.COC(=O)c1ccc(CNS(C)(=O)=O)cc1S(=O)(=O)NC(=O)Nc1nc(OC)cc(OC)n1.Cc1[nH]n(C)c(=O)c1C(=O)c1ccc(C(F)(F)F)cc1S(C)(=O)=O. The molecule has 8 aromatic rings. The summed E-state index contributed by atoms with van der Waals surface area (Å²) in [6.07, 6.45) is -2.90. The molecule has 0 fully saturated rings. The smallest absolute Gasteiger partial charge is 0.416 e. The van der Waals surface area contributed by atoms with Gasteiger partial charge in [-0.1, -0.05) is 83.5 Å². The number of carbonyl (C=O) groups is 5. The first-order chi connectivity index (χ1) is 49.1. The Hall–Kier alpha value is -10.5. The number of oxime groups is 1. The monoisotopic (exact) mass is 1570 g/mol. The lowest BCUT2D eigenvalue weighted by Crippen LogP contribution is -2.35. The summed E-state index contributed by atoms with van der Waals surface area (Å²) in [6, 6.07) is 27.0. The zero-order chi connectivity index (χ0) is 78.3. The Morgan fingerprint density at radius 2 is 1.35 bits per heavy atom. The van der Waals surface area contributed by atoms with Gasteiger partial charge in [-0.2, -0.15) is 36.6 Å². The second kappa shape index (κ2) is 35.3. The van der Waals surface area contributed by atoms with Crippen molar-refractivity contribution >= 4 is 94.5 Å². The number of rotatable bonds is 22. The van der Waals surface area contributed by atoms with Crippen molar-refractivity contribution in [3.05, 3.63) is 203 Å². The maximum Gasteiger partial charge on any atom is 0.416 e. The van der Waals surface area contributed by atoms with E-state index in [0.29, 0.717) is 41.8 Å². The lowest BCUT2D eigenvalue weighted by atomic mass is 9.82. The Bertz CT molecular complexity index is 5000. The van der Waals surface area contributed by atoms with Crippen LogP contribution in [-0.4, -0.2) is 147 Å². The molecule has 2 amide bonds. The van der Waals surface area contributed by atoms with Crippen molar-refractivity contribution in [1.82, 2.24) is 43.5 Å². The lowest BCUT2D eigenvalue weighted by Gasteiger charge is -2.27. The minimum Gasteiger partial charge on any atom is -0.481 e. The molecule has 0 saturated heterocycles. The molecule has 1 aliphatic rings.